The minimum absolute atomic E-state index is 0.0868. The standard InChI is InChI=1S/C14H15ClN2O2/c1-9(2)14-16-12(15)7-13(19)17(14)8-10-4-3-5-11(18)6-10/h3-7,9,18H,8H2,1-2H3. The minimum Gasteiger partial charge on any atom is -0.508 e. The van der Waals surface area contributed by atoms with Crippen LogP contribution >= 0.6 is 11.6 Å². The van der Waals surface area contributed by atoms with Crippen LogP contribution in [0.3, 0.4) is 0 Å². The van der Waals surface area contributed by atoms with Crippen molar-refractivity contribution in [3.63, 3.8) is 0 Å². The van der Waals surface area contributed by atoms with Gasteiger partial charge in [-0.2, -0.15) is 0 Å². The summed E-state index contributed by atoms with van der Waals surface area (Å²) >= 11 is 5.83. The number of hydrogen-bond donors (Lipinski definition) is 1. The molecule has 19 heavy (non-hydrogen) atoms. The Labute approximate surface area is 116 Å². The van der Waals surface area contributed by atoms with E-state index in [0.717, 1.165) is 5.56 Å². The Balaban J connectivity index is 2.47. The Bertz CT molecular complexity index is 650. The van der Waals surface area contributed by atoms with Gasteiger partial charge in [-0.15, -0.1) is 0 Å². The zero-order valence-electron chi connectivity index (χ0n) is 10.8. The van der Waals surface area contributed by atoms with Crippen molar-refractivity contribution in [2.24, 2.45) is 0 Å². The number of halogens is 1. The Morgan fingerprint density at radius 2 is 2.11 bits per heavy atom. The molecule has 0 radical (unpaired) electrons. The molecule has 1 N–H and O–H groups in total. The van der Waals surface area contributed by atoms with Crippen molar-refractivity contribution in [1.29, 1.82) is 0 Å². The zero-order chi connectivity index (χ0) is 14.0. The lowest BCUT2D eigenvalue weighted by Crippen LogP contribution is -2.25. The van der Waals surface area contributed by atoms with Gasteiger partial charge in [-0.05, 0) is 17.7 Å². The van der Waals surface area contributed by atoms with Crippen LogP contribution in [0.5, 0.6) is 5.75 Å². The van der Waals surface area contributed by atoms with E-state index in [4.69, 9.17) is 11.6 Å². The molecule has 2 aromatic rings. The number of aromatic nitrogens is 2. The molecular weight excluding hydrogens is 264 g/mol. The monoisotopic (exact) mass is 278 g/mol. The lowest BCUT2D eigenvalue weighted by molar-refractivity contribution is 0.474. The second-order valence-electron chi connectivity index (χ2n) is 4.69. The Kier molecular flexibility index (Phi) is 3.90. The maximum Gasteiger partial charge on any atom is 0.255 e. The van der Waals surface area contributed by atoms with Crippen molar-refractivity contribution in [2.75, 3.05) is 0 Å². The largest absolute Gasteiger partial charge is 0.508 e. The number of benzene rings is 1. The van der Waals surface area contributed by atoms with E-state index >= 15 is 0 Å². The predicted molar refractivity (Wildman–Crippen MR) is 74.8 cm³/mol. The second-order valence-corrected chi connectivity index (χ2v) is 5.07. The summed E-state index contributed by atoms with van der Waals surface area (Å²) in [4.78, 5) is 16.2. The van der Waals surface area contributed by atoms with Crippen LogP contribution in [0.15, 0.2) is 35.1 Å². The first-order valence-corrected chi connectivity index (χ1v) is 6.40. The van der Waals surface area contributed by atoms with Gasteiger partial charge >= 0.3 is 0 Å². The molecule has 0 aliphatic carbocycles. The molecule has 0 saturated carbocycles. The molecule has 0 fully saturated rings. The molecular formula is C14H15ClN2O2. The number of phenols is 1. The molecule has 0 amide bonds. The lowest BCUT2D eigenvalue weighted by Gasteiger charge is -2.14. The Morgan fingerprint density at radius 3 is 2.74 bits per heavy atom. The molecule has 0 saturated heterocycles. The number of rotatable bonds is 3. The molecule has 100 valence electrons. The van der Waals surface area contributed by atoms with Crippen molar-refractivity contribution >= 4 is 11.6 Å². The van der Waals surface area contributed by atoms with Crippen LogP contribution in [0.25, 0.3) is 0 Å². The maximum absolute atomic E-state index is 12.0. The van der Waals surface area contributed by atoms with Crippen molar-refractivity contribution in [3.8, 4) is 5.75 Å². The quantitative estimate of drug-likeness (QED) is 0.879. The summed E-state index contributed by atoms with van der Waals surface area (Å²) in [5.74, 6) is 0.906. The van der Waals surface area contributed by atoms with Crippen LogP contribution in [0.1, 0.15) is 31.2 Å². The van der Waals surface area contributed by atoms with E-state index < -0.39 is 0 Å². The molecule has 0 aliphatic heterocycles. The molecule has 1 aromatic heterocycles. The van der Waals surface area contributed by atoms with Crippen LogP contribution in [0.4, 0.5) is 0 Å². The third kappa shape index (κ3) is 3.15. The third-order valence-electron chi connectivity index (χ3n) is 2.77. The molecule has 5 heteroatoms. The SMILES string of the molecule is CC(C)c1nc(Cl)cc(=O)n1Cc1cccc(O)c1. The van der Waals surface area contributed by atoms with Crippen LogP contribution in [-0.2, 0) is 6.54 Å². The fourth-order valence-corrected chi connectivity index (χ4v) is 2.11. The van der Waals surface area contributed by atoms with Gasteiger partial charge < -0.3 is 5.11 Å². The van der Waals surface area contributed by atoms with E-state index in [-0.39, 0.29) is 22.4 Å². The minimum atomic E-state index is -0.188. The molecule has 0 aliphatic rings. The number of phenolic OH excluding ortho intramolecular Hbond substituents is 1. The van der Waals surface area contributed by atoms with Gasteiger partial charge in [0.25, 0.3) is 5.56 Å². The van der Waals surface area contributed by atoms with Gasteiger partial charge in [-0.3, -0.25) is 9.36 Å². The highest BCUT2D eigenvalue weighted by Crippen LogP contribution is 2.16. The van der Waals surface area contributed by atoms with Gasteiger partial charge in [0.15, 0.2) is 0 Å². The number of nitrogens with zero attached hydrogens (tertiary/aromatic N) is 2. The second kappa shape index (κ2) is 5.45. The summed E-state index contributed by atoms with van der Waals surface area (Å²) in [7, 11) is 0. The van der Waals surface area contributed by atoms with Gasteiger partial charge in [-0.1, -0.05) is 37.6 Å². The van der Waals surface area contributed by atoms with Crippen LogP contribution in [0.2, 0.25) is 5.15 Å². The van der Waals surface area contributed by atoms with E-state index in [9.17, 15) is 9.90 Å². The van der Waals surface area contributed by atoms with E-state index in [0.29, 0.717) is 12.4 Å². The number of hydrogen-bond acceptors (Lipinski definition) is 3. The van der Waals surface area contributed by atoms with Gasteiger partial charge in [0.2, 0.25) is 0 Å². The van der Waals surface area contributed by atoms with Gasteiger partial charge in [-0.25, -0.2) is 4.98 Å². The van der Waals surface area contributed by atoms with Crippen LogP contribution < -0.4 is 5.56 Å². The third-order valence-corrected chi connectivity index (χ3v) is 2.97. The van der Waals surface area contributed by atoms with Gasteiger partial charge in [0, 0.05) is 12.0 Å². The summed E-state index contributed by atoms with van der Waals surface area (Å²) in [5.41, 5.74) is 0.653. The molecule has 0 atom stereocenters. The summed E-state index contributed by atoms with van der Waals surface area (Å²) in [6.07, 6.45) is 0. The Morgan fingerprint density at radius 1 is 1.37 bits per heavy atom. The normalized spacial score (nSPS) is 10.9. The first kappa shape index (κ1) is 13.6. The summed E-state index contributed by atoms with van der Waals surface area (Å²) in [6, 6.07) is 8.12. The van der Waals surface area contributed by atoms with Crippen molar-refractivity contribution in [2.45, 2.75) is 26.3 Å². The van der Waals surface area contributed by atoms with E-state index in [1.165, 1.54) is 6.07 Å². The highest BCUT2D eigenvalue weighted by molar-refractivity contribution is 6.29. The summed E-state index contributed by atoms with van der Waals surface area (Å²) < 4.78 is 1.57. The lowest BCUT2D eigenvalue weighted by atomic mass is 10.1. The predicted octanol–water partition coefficient (Wildman–Crippen LogP) is 2.77. The molecule has 0 bridgehead atoms. The van der Waals surface area contributed by atoms with Crippen molar-refractivity contribution in [1.82, 2.24) is 9.55 Å². The smallest absolute Gasteiger partial charge is 0.255 e. The van der Waals surface area contributed by atoms with Crippen LogP contribution in [-0.4, -0.2) is 14.7 Å². The number of aromatic hydroxyl groups is 1. The van der Waals surface area contributed by atoms with Gasteiger partial charge in [0.05, 0.1) is 6.54 Å². The molecule has 4 nitrogen and oxygen atoms in total. The summed E-state index contributed by atoms with van der Waals surface area (Å²) in [5, 5.41) is 9.67. The molecule has 0 unspecified atom stereocenters. The Hall–Kier alpha value is -1.81. The highest BCUT2D eigenvalue weighted by atomic mass is 35.5. The maximum atomic E-state index is 12.0. The molecule has 1 heterocycles. The average molecular weight is 279 g/mol. The molecule has 0 spiro atoms. The first-order chi connectivity index (χ1) is 8.97. The van der Waals surface area contributed by atoms with E-state index in [2.05, 4.69) is 4.98 Å². The topological polar surface area (TPSA) is 55.1 Å². The van der Waals surface area contributed by atoms with Crippen molar-refractivity contribution in [3.05, 3.63) is 57.2 Å². The van der Waals surface area contributed by atoms with Gasteiger partial charge in [0.1, 0.15) is 16.7 Å². The molecule has 1 aromatic carbocycles. The van der Waals surface area contributed by atoms with E-state index in [1.54, 1.807) is 22.8 Å². The first-order valence-electron chi connectivity index (χ1n) is 6.02. The fraction of sp³-hybridized carbons (Fsp3) is 0.286. The zero-order valence-corrected chi connectivity index (χ0v) is 11.6. The molecule has 2 rings (SSSR count). The van der Waals surface area contributed by atoms with Crippen LogP contribution in [0, 0.1) is 0 Å². The fourth-order valence-electron chi connectivity index (χ4n) is 1.93. The highest BCUT2D eigenvalue weighted by Gasteiger charge is 2.12. The average Bonchev–Trinajstić information content (AvgIpc) is 2.32. The summed E-state index contributed by atoms with van der Waals surface area (Å²) in [6.45, 7) is 4.28. The van der Waals surface area contributed by atoms with E-state index in [1.807, 2.05) is 19.9 Å². The van der Waals surface area contributed by atoms with Crippen molar-refractivity contribution < 1.29 is 5.11 Å².